The molecule has 0 saturated heterocycles. The van der Waals surface area contributed by atoms with Crippen molar-refractivity contribution >= 4 is 5.97 Å². The molecule has 118 valence electrons. The molecule has 0 bridgehead atoms. The van der Waals surface area contributed by atoms with Crippen LogP contribution in [0.1, 0.15) is 23.6 Å². The maximum absolute atomic E-state index is 13.4. The second-order valence-electron chi connectivity index (χ2n) is 3.98. The Morgan fingerprint density at radius 3 is 2.10 bits per heavy atom. The van der Waals surface area contributed by atoms with E-state index in [9.17, 15) is 35.5 Å². The van der Waals surface area contributed by atoms with Crippen LogP contribution in [0.4, 0.5) is 30.7 Å². The van der Waals surface area contributed by atoms with Crippen molar-refractivity contribution in [2.75, 3.05) is 6.61 Å². The minimum atomic E-state index is -5.50. The van der Waals surface area contributed by atoms with Crippen LogP contribution in [-0.2, 0) is 28.3 Å². The van der Waals surface area contributed by atoms with Gasteiger partial charge in [-0.15, -0.1) is 0 Å². The summed E-state index contributed by atoms with van der Waals surface area (Å²) in [7, 11) is 0. The largest absolute Gasteiger partial charge is 0.466 e. The lowest BCUT2D eigenvalue weighted by Gasteiger charge is -2.17. The molecule has 0 aromatic heterocycles. The van der Waals surface area contributed by atoms with E-state index in [0.717, 1.165) is 0 Å². The standard InChI is InChI=1S/C12H9F7O2/c1-2-21-9(20)5-6-3-7(11(14,15)16)10(8(13)4-6)12(17,18)19/h3-4H,2,5H2,1H3. The molecule has 1 rings (SSSR count). The van der Waals surface area contributed by atoms with E-state index in [-0.39, 0.29) is 18.7 Å². The second-order valence-corrected chi connectivity index (χ2v) is 3.98. The number of carbonyl (C=O) groups excluding carboxylic acids is 1. The smallest absolute Gasteiger partial charge is 0.419 e. The highest BCUT2D eigenvalue weighted by atomic mass is 19.4. The number of hydrogen-bond donors (Lipinski definition) is 0. The highest BCUT2D eigenvalue weighted by Gasteiger charge is 2.45. The van der Waals surface area contributed by atoms with Crippen molar-refractivity contribution in [2.24, 2.45) is 0 Å². The van der Waals surface area contributed by atoms with Gasteiger partial charge in [0.1, 0.15) is 11.4 Å². The lowest BCUT2D eigenvalue weighted by atomic mass is 10.0. The number of rotatable bonds is 3. The van der Waals surface area contributed by atoms with Crippen LogP contribution in [0.5, 0.6) is 0 Å². The highest BCUT2D eigenvalue weighted by molar-refractivity contribution is 5.72. The molecule has 0 aliphatic heterocycles. The number of hydrogen-bond acceptors (Lipinski definition) is 2. The van der Waals surface area contributed by atoms with E-state index in [0.29, 0.717) is 0 Å². The molecule has 2 nitrogen and oxygen atoms in total. The summed E-state index contributed by atoms with van der Waals surface area (Å²) in [6.07, 6.45) is -11.7. The zero-order chi connectivity index (χ0) is 16.4. The number of alkyl halides is 6. The predicted octanol–water partition coefficient (Wildman–Crippen LogP) is 3.97. The molecule has 0 fully saturated rings. The average Bonchev–Trinajstić information content (AvgIpc) is 2.24. The number of ether oxygens (including phenoxy) is 1. The molecule has 0 saturated carbocycles. The summed E-state index contributed by atoms with van der Waals surface area (Å²) in [5.41, 5.74) is -5.12. The van der Waals surface area contributed by atoms with Crippen LogP contribution in [0.15, 0.2) is 12.1 Å². The zero-order valence-corrected chi connectivity index (χ0v) is 10.5. The molecular formula is C12H9F7O2. The van der Waals surface area contributed by atoms with E-state index in [1.807, 2.05) is 0 Å². The first-order chi connectivity index (χ1) is 9.46. The number of carbonyl (C=O) groups is 1. The van der Waals surface area contributed by atoms with Crippen LogP contribution in [0.3, 0.4) is 0 Å². The van der Waals surface area contributed by atoms with E-state index in [2.05, 4.69) is 4.74 Å². The Morgan fingerprint density at radius 2 is 1.67 bits per heavy atom. The molecule has 0 unspecified atom stereocenters. The van der Waals surface area contributed by atoms with E-state index < -0.39 is 47.3 Å². The van der Waals surface area contributed by atoms with Gasteiger partial charge in [-0.2, -0.15) is 26.3 Å². The van der Waals surface area contributed by atoms with Gasteiger partial charge in [0.25, 0.3) is 0 Å². The summed E-state index contributed by atoms with van der Waals surface area (Å²) in [5, 5.41) is 0. The van der Waals surface area contributed by atoms with Gasteiger partial charge in [-0.25, -0.2) is 4.39 Å². The summed E-state index contributed by atoms with van der Waals surface area (Å²) in [4.78, 5) is 11.1. The average molecular weight is 318 g/mol. The van der Waals surface area contributed by atoms with Gasteiger partial charge in [0.15, 0.2) is 0 Å². The quantitative estimate of drug-likeness (QED) is 0.623. The Balaban J connectivity index is 3.36. The molecule has 0 aliphatic rings. The lowest BCUT2D eigenvalue weighted by molar-refractivity contribution is -0.164. The first-order valence-electron chi connectivity index (χ1n) is 5.59. The Kier molecular flexibility index (Phi) is 4.85. The third-order valence-corrected chi connectivity index (χ3v) is 2.39. The van der Waals surface area contributed by atoms with Gasteiger partial charge in [0.2, 0.25) is 0 Å². The third kappa shape index (κ3) is 4.33. The molecule has 0 spiro atoms. The summed E-state index contributed by atoms with van der Waals surface area (Å²) < 4.78 is 93.3. The van der Waals surface area contributed by atoms with Gasteiger partial charge in [-0.1, -0.05) is 0 Å². The van der Waals surface area contributed by atoms with Crippen molar-refractivity contribution in [3.63, 3.8) is 0 Å². The van der Waals surface area contributed by atoms with Crippen LogP contribution in [0.25, 0.3) is 0 Å². The monoisotopic (exact) mass is 318 g/mol. The normalized spacial score (nSPS) is 12.4. The third-order valence-electron chi connectivity index (χ3n) is 2.39. The first kappa shape index (κ1) is 17.3. The number of esters is 1. The number of halogens is 7. The van der Waals surface area contributed by atoms with Crippen LogP contribution in [0.2, 0.25) is 0 Å². The fraction of sp³-hybridized carbons (Fsp3) is 0.417. The molecule has 0 heterocycles. The molecular weight excluding hydrogens is 309 g/mol. The molecule has 0 aliphatic carbocycles. The molecule has 0 N–H and O–H groups in total. The van der Waals surface area contributed by atoms with Crippen LogP contribution in [0, 0.1) is 5.82 Å². The van der Waals surface area contributed by atoms with E-state index in [1.165, 1.54) is 6.92 Å². The van der Waals surface area contributed by atoms with Gasteiger partial charge >= 0.3 is 18.3 Å². The fourth-order valence-electron chi connectivity index (χ4n) is 1.66. The molecule has 0 amide bonds. The SMILES string of the molecule is CCOC(=O)Cc1cc(F)c(C(F)(F)F)c(C(F)(F)F)c1. The Hall–Kier alpha value is -1.80. The topological polar surface area (TPSA) is 26.3 Å². The van der Waals surface area contributed by atoms with Crippen LogP contribution < -0.4 is 0 Å². The summed E-state index contributed by atoms with van der Waals surface area (Å²) in [5.74, 6) is -3.05. The minimum absolute atomic E-state index is 0.0614. The number of benzene rings is 1. The van der Waals surface area contributed by atoms with Crippen molar-refractivity contribution in [3.8, 4) is 0 Å². The molecule has 0 atom stereocenters. The van der Waals surface area contributed by atoms with E-state index >= 15 is 0 Å². The lowest BCUT2D eigenvalue weighted by Crippen LogP contribution is -2.20. The molecule has 1 aromatic rings. The van der Waals surface area contributed by atoms with Crippen molar-refractivity contribution in [1.82, 2.24) is 0 Å². The fourth-order valence-corrected chi connectivity index (χ4v) is 1.66. The van der Waals surface area contributed by atoms with Crippen molar-refractivity contribution in [3.05, 3.63) is 34.6 Å². The van der Waals surface area contributed by atoms with Crippen LogP contribution >= 0.6 is 0 Å². The highest BCUT2D eigenvalue weighted by Crippen LogP contribution is 2.42. The van der Waals surface area contributed by atoms with Crippen molar-refractivity contribution in [1.29, 1.82) is 0 Å². The second kappa shape index (κ2) is 5.90. The minimum Gasteiger partial charge on any atom is -0.466 e. The molecule has 0 radical (unpaired) electrons. The summed E-state index contributed by atoms with van der Waals surface area (Å²) >= 11 is 0. The Labute approximate surface area is 114 Å². The van der Waals surface area contributed by atoms with Gasteiger partial charge in [0.05, 0.1) is 18.6 Å². The van der Waals surface area contributed by atoms with Gasteiger partial charge in [-0.3, -0.25) is 4.79 Å². The Bertz CT molecular complexity index is 532. The van der Waals surface area contributed by atoms with E-state index in [4.69, 9.17) is 0 Å². The summed E-state index contributed by atoms with van der Waals surface area (Å²) in [6, 6.07) is 0.345. The first-order valence-corrected chi connectivity index (χ1v) is 5.59. The summed E-state index contributed by atoms with van der Waals surface area (Å²) in [6.45, 7) is 1.38. The zero-order valence-electron chi connectivity index (χ0n) is 10.5. The van der Waals surface area contributed by atoms with Gasteiger partial charge in [0, 0.05) is 0 Å². The molecule has 1 aromatic carbocycles. The molecule has 21 heavy (non-hydrogen) atoms. The van der Waals surface area contributed by atoms with Crippen molar-refractivity contribution in [2.45, 2.75) is 25.7 Å². The van der Waals surface area contributed by atoms with Gasteiger partial charge in [-0.05, 0) is 24.6 Å². The predicted molar refractivity (Wildman–Crippen MR) is 56.7 cm³/mol. The maximum Gasteiger partial charge on any atom is 0.419 e. The van der Waals surface area contributed by atoms with Gasteiger partial charge < -0.3 is 4.74 Å². The van der Waals surface area contributed by atoms with Crippen molar-refractivity contribution < 1.29 is 40.3 Å². The maximum atomic E-state index is 13.4. The molecule has 9 heteroatoms. The van der Waals surface area contributed by atoms with E-state index in [1.54, 1.807) is 0 Å². The Morgan fingerprint density at radius 1 is 1.10 bits per heavy atom. The van der Waals surface area contributed by atoms with Crippen LogP contribution in [-0.4, -0.2) is 12.6 Å².